The summed E-state index contributed by atoms with van der Waals surface area (Å²) in [6.07, 6.45) is 18.7. The van der Waals surface area contributed by atoms with Gasteiger partial charge in [0.15, 0.2) is 0 Å². The van der Waals surface area contributed by atoms with Gasteiger partial charge in [0.05, 0.1) is 0 Å². The summed E-state index contributed by atoms with van der Waals surface area (Å²) < 4.78 is 12.1. The highest BCUT2D eigenvalue weighted by Crippen LogP contribution is 2.27. The fraction of sp³-hybridized carbons (Fsp3) is 1.00. The number of hydrogen-bond acceptors (Lipinski definition) is 2. The van der Waals surface area contributed by atoms with Crippen LogP contribution >= 0.6 is 22.6 Å². The Balaban J connectivity index is 3.48. The van der Waals surface area contributed by atoms with Gasteiger partial charge in [-0.05, 0) is 68.6 Å². The van der Waals surface area contributed by atoms with E-state index >= 15 is 0 Å². The Bertz CT molecular complexity index is 361. The van der Waals surface area contributed by atoms with Gasteiger partial charge in [0.2, 0.25) is 0 Å². The van der Waals surface area contributed by atoms with E-state index in [2.05, 4.69) is 64.1 Å². The summed E-state index contributed by atoms with van der Waals surface area (Å²) in [5.74, 6) is 3.36. The average Bonchev–Trinajstić information content (AvgIpc) is 2.67. The van der Waals surface area contributed by atoms with Gasteiger partial charge in [-0.1, -0.05) is 109 Å². The molecule has 0 aromatic carbocycles. The summed E-state index contributed by atoms with van der Waals surface area (Å²) >= 11 is 2.56. The smallest absolute Gasteiger partial charge is 0.146 e. The van der Waals surface area contributed by atoms with Crippen LogP contribution < -0.4 is 0 Å². The van der Waals surface area contributed by atoms with Gasteiger partial charge in [-0.3, -0.25) is 0 Å². The van der Waals surface area contributed by atoms with Crippen molar-refractivity contribution in [2.75, 3.05) is 20.0 Å². The monoisotopic (exact) mass is 552 g/mol. The summed E-state index contributed by atoms with van der Waals surface area (Å²) in [5, 5.41) is 0. The molecule has 0 radical (unpaired) electrons. The first-order chi connectivity index (χ1) is 14.8. The molecule has 0 N–H and O–H groups in total. The van der Waals surface area contributed by atoms with E-state index in [1.54, 1.807) is 0 Å². The number of alkyl halides is 1. The van der Waals surface area contributed by atoms with E-state index in [9.17, 15) is 0 Å². The molecule has 5 atom stereocenters. The third-order valence-electron chi connectivity index (χ3n) is 6.44. The maximum absolute atomic E-state index is 5.68. The van der Waals surface area contributed by atoms with E-state index in [-0.39, 0.29) is 0 Å². The van der Waals surface area contributed by atoms with Crippen molar-refractivity contribution >= 4 is 22.6 Å². The Hall–Kier alpha value is 0.650. The van der Waals surface area contributed by atoms with Crippen LogP contribution in [0.2, 0.25) is 0 Å². The van der Waals surface area contributed by atoms with E-state index in [1.165, 1.54) is 83.5 Å². The lowest BCUT2D eigenvalue weighted by Gasteiger charge is -2.23. The molecule has 5 unspecified atom stereocenters. The topological polar surface area (TPSA) is 18.5 Å². The van der Waals surface area contributed by atoms with Crippen molar-refractivity contribution < 1.29 is 9.47 Å². The van der Waals surface area contributed by atoms with Crippen LogP contribution in [0, 0.1) is 23.7 Å². The van der Waals surface area contributed by atoms with Crippen molar-refractivity contribution in [3.05, 3.63) is 0 Å². The standard InChI is InChI=1S/C28H57IO2/c1-7-8-9-10-11-12-13-14-17-30-23-31-18-15-16-24(2)19-25(3)20-26(4)21-27(5)22-28(6)29/h24-28H,7-23H2,1-6H3. The SMILES string of the molecule is CCCCCCCCCCOCOCCCC(C)CC(C)CC(C)CC(C)CC(C)I. The number of ether oxygens (including phenoxy) is 2. The second-order valence-electron chi connectivity index (χ2n) is 10.7. The summed E-state index contributed by atoms with van der Waals surface area (Å²) in [6, 6.07) is 0. The second-order valence-corrected chi connectivity index (χ2v) is 12.8. The van der Waals surface area contributed by atoms with Gasteiger partial charge in [0, 0.05) is 17.1 Å². The average molecular weight is 553 g/mol. The molecule has 0 saturated heterocycles. The van der Waals surface area contributed by atoms with E-state index in [4.69, 9.17) is 9.47 Å². The van der Waals surface area contributed by atoms with Gasteiger partial charge in [-0.25, -0.2) is 0 Å². The van der Waals surface area contributed by atoms with Gasteiger partial charge in [-0.2, -0.15) is 0 Å². The molecule has 0 spiro atoms. The van der Waals surface area contributed by atoms with E-state index in [0.717, 1.165) is 47.2 Å². The van der Waals surface area contributed by atoms with E-state index in [0.29, 0.717) is 6.79 Å². The van der Waals surface area contributed by atoms with Crippen molar-refractivity contribution in [1.29, 1.82) is 0 Å². The molecule has 0 amide bonds. The highest BCUT2D eigenvalue weighted by molar-refractivity contribution is 14.1. The first-order valence-corrected chi connectivity index (χ1v) is 14.9. The molecule has 3 heteroatoms. The number of unbranched alkanes of at least 4 members (excludes halogenated alkanes) is 7. The van der Waals surface area contributed by atoms with Crippen LogP contribution in [0.4, 0.5) is 0 Å². The zero-order valence-corrected chi connectivity index (χ0v) is 24.3. The number of rotatable bonds is 23. The van der Waals surface area contributed by atoms with Gasteiger partial charge < -0.3 is 9.47 Å². The number of halogens is 1. The molecular weight excluding hydrogens is 495 g/mol. The highest BCUT2D eigenvalue weighted by atomic mass is 127. The fourth-order valence-corrected chi connectivity index (χ4v) is 5.94. The Morgan fingerprint density at radius 2 is 1.00 bits per heavy atom. The third-order valence-corrected chi connectivity index (χ3v) is 6.94. The predicted molar refractivity (Wildman–Crippen MR) is 147 cm³/mol. The summed E-state index contributed by atoms with van der Waals surface area (Å²) in [5.41, 5.74) is 0. The highest BCUT2D eigenvalue weighted by Gasteiger charge is 2.15. The summed E-state index contributed by atoms with van der Waals surface area (Å²) in [7, 11) is 0. The molecule has 0 heterocycles. The number of hydrogen-bond donors (Lipinski definition) is 0. The van der Waals surface area contributed by atoms with Crippen molar-refractivity contribution in [1.82, 2.24) is 0 Å². The Morgan fingerprint density at radius 3 is 1.55 bits per heavy atom. The zero-order chi connectivity index (χ0) is 23.3. The molecule has 31 heavy (non-hydrogen) atoms. The molecule has 0 bridgehead atoms. The zero-order valence-electron chi connectivity index (χ0n) is 22.1. The van der Waals surface area contributed by atoms with Crippen LogP contribution in [-0.2, 0) is 9.47 Å². The normalized spacial score (nSPS) is 16.7. The maximum atomic E-state index is 5.68. The van der Waals surface area contributed by atoms with Crippen LogP contribution in [0.5, 0.6) is 0 Å². The lowest BCUT2D eigenvalue weighted by atomic mass is 9.84. The molecule has 0 aromatic heterocycles. The molecule has 0 fully saturated rings. The first kappa shape index (κ1) is 31.6. The van der Waals surface area contributed by atoms with Crippen molar-refractivity contribution in [2.45, 2.75) is 135 Å². The molecule has 0 rings (SSSR count). The van der Waals surface area contributed by atoms with Gasteiger partial charge in [0.25, 0.3) is 0 Å². The molecule has 2 nitrogen and oxygen atoms in total. The van der Waals surface area contributed by atoms with E-state index in [1.807, 2.05) is 0 Å². The van der Waals surface area contributed by atoms with Gasteiger partial charge in [0.1, 0.15) is 6.79 Å². The fourth-order valence-electron chi connectivity index (χ4n) is 5.07. The van der Waals surface area contributed by atoms with Gasteiger partial charge in [-0.15, -0.1) is 0 Å². The van der Waals surface area contributed by atoms with Crippen LogP contribution in [0.15, 0.2) is 0 Å². The van der Waals surface area contributed by atoms with Crippen molar-refractivity contribution in [3.63, 3.8) is 0 Å². The summed E-state index contributed by atoms with van der Waals surface area (Å²) in [4.78, 5) is 0. The molecule has 0 aliphatic carbocycles. The molecule has 0 saturated carbocycles. The molecule has 0 aliphatic heterocycles. The van der Waals surface area contributed by atoms with Crippen LogP contribution in [0.25, 0.3) is 0 Å². The van der Waals surface area contributed by atoms with Crippen LogP contribution in [0.1, 0.15) is 131 Å². The quantitative estimate of drug-likeness (QED) is 0.0544. The second kappa shape index (κ2) is 22.4. The lowest BCUT2D eigenvalue weighted by molar-refractivity contribution is -0.0561. The third kappa shape index (κ3) is 23.6. The molecule has 188 valence electrons. The van der Waals surface area contributed by atoms with Crippen LogP contribution in [-0.4, -0.2) is 23.9 Å². The van der Waals surface area contributed by atoms with Gasteiger partial charge >= 0.3 is 0 Å². The molecular formula is C28H57IO2. The summed E-state index contributed by atoms with van der Waals surface area (Å²) in [6.45, 7) is 16.5. The van der Waals surface area contributed by atoms with Crippen molar-refractivity contribution in [3.8, 4) is 0 Å². The Kier molecular flexibility index (Phi) is 22.9. The Morgan fingerprint density at radius 1 is 0.548 bits per heavy atom. The van der Waals surface area contributed by atoms with E-state index < -0.39 is 0 Å². The largest absolute Gasteiger partial charge is 0.355 e. The van der Waals surface area contributed by atoms with Crippen molar-refractivity contribution in [2.24, 2.45) is 23.7 Å². The lowest BCUT2D eigenvalue weighted by Crippen LogP contribution is -2.12. The minimum Gasteiger partial charge on any atom is -0.355 e. The Labute approximate surface area is 210 Å². The predicted octanol–water partition coefficient (Wildman–Crippen LogP) is 9.83. The molecule has 0 aliphatic rings. The minimum absolute atomic E-state index is 0.479. The first-order valence-electron chi connectivity index (χ1n) is 13.6. The maximum Gasteiger partial charge on any atom is 0.146 e. The molecule has 0 aromatic rings. The van der Waals surface area contributed by atoms with Crippen LogP contribution in [0.3, 0.4) is 0 Å². The minimum atomic E-state index is 0.479.